The second-order valence-electron chi connectivity index (χ2n) is 7.45. The van der Waals surface area contributed by atoms with Gasteiger partial charge in [0.05, 0.1) is 18.8 Å². The maximum absolute atomic E-state index is 14.9. The molecule has 2 aliphatic rings. The van der Waals surface area contributed by atoms with Crippen molar-refractivity contribution in [3.63, 3.8) is 0 Å². The van der Waals surface area contributed by atoms with Crippen LogP contribution in [0.5, 0.6) is 0 Å². The Morgan fingerprint density at radius 3 is 2.74 bits per heavy atom. The van der Waals surface area contributed by atoms with Gasteiger partial charge in [-0.3, -0.25) is 9.80 Å². The molecule has 162 valence electrons. The minimum atomic E-state index is -0.619. The van der Waals surface area contributed by atoms with E-state index >= 15 is 0 Å². The van der Waals surface area contributed by atoms with Gasteiger partial charge in [-0.2, -0.15) is 0 Å². The molecule has 0 aromatic heterocycles. The van der Waals surface area contributed by atoms with E-state index in [1.54, 1.807) is 18.3 Å². The molecule has 1 fully saturated rings. The van der Waals surface area contributed by atoms with E-state index in [4.69, 9.17) is 14.6 Å². The van der Waals surface area contributed by atoms with Gasteiger partial charge in [0.1, 0.15) is 18.5 Å². The summed E-state index contributed by atoms with van der Waals surface area (Å²) in [6, 6.07) is 13.9. The lowest BCUT2D eigenvalue weighted by molar-refractivity contribution is 0.0963. The number of anilines is 1. The van der Waals surface area contributed by atoms with E-state index in [0.717, 1.165) is 5.56 Å². The summed E-state index contributed by atoms with van der Waals surface area (Å²) in [7, 11) is 0. The van der Waals surface area contributed by atoms with Crippen molar-refractivity contribution in [1.82, 2.24) is 4.90 Å². The molecule has 0 bridgehead atoms. The fraction of sp³-hybridized carbons (Fsp3) is 0.304. The summed E-state index contributed by atoms with van der Waals surface area (Å²) < 4.78 is 25.3. The summed E-state index contributed by atoms with van der Waals surface area (Å²) >= 11 is 0. The van der Waals surface area contributed by atoms with Crippen molar-refractivity contribution < 1.29 is 28.6 Å². The molecule has 7 nitrogen and oxygen atoms in total. The standard InChI is InChI=1S/C23H23FN2O5/c24-21-11-18(26-13-19(14-27)31-23(26)29)8-9-20(21)17-7-4-10-25(12-17)22(28)30-15-16-5-2-1-3-6-16/h1-3,5-6,8-9,11-12,19,27H,4,7,10,13-15H2/t19-/m1/s1. The van der Waals surface area contributed by atoms with Crippen molar-refractivity contribution >= 4 is 23.4 Å². The molecule has 2 aromatic rings. The summed E-state index contributed by atoms with van der Waals surface area (Å²) in [5, 5.41) is 9.16. The molecule has 0 saturated carbocycles. The first-order valence-corrected chi connectivity index (χ1v) is 10.1. The lowest BCUT2D eigenvalue weighted by Crippen LogP contribution is -2.30. The number of rotatable bonds is 5. The molecule has 0 unspecified atom stereocenters. The van der Waals surface area contributed by atoms with Crippen LogP contribution in [0.3, 0.4) is 0 Å². The van der Waals surface area contributed by atoms with E-state index in [9.17, 15) is 14.0 Å². The van der Waals surface area contributed by atoms with E-state index in [2.05, 4.69) is 0 Å². The molecule has 2 aromatic carbocycles. The van der Waals surface area contributed by atoms with Crippen LogP contribution in [0.25, 0.3) is 5.57 Å². The van der Waals surface area contributed by atoms with Crippen LogP contribution in [-0.2, 0) is 16.1 Å². The predicted octanol–water partition coefficient (Wildman–Crippen LogP) is 3.92. The Kier molecular flexibility index (Phi) is 6.18. The second-order valence-corrected chi connectivity index (χ2v) is 7.45. The Morgan fingerprint density at radius 2 is 2.03 bits per heavy atom. The third kappa shape index (κ3) is 4.69. The lowest BCUT2D eigenvalue weighted by Gasteiger charge is -2.25. The summed E-state index contributed by atoms with van der Waals surface area (Å²) in [4.78, 5) is 27.1. The van der Waals surface area contributed by atoms with Gasteiger partial charge in [0.25, 0.3) is 0 Å². The third-order valence-electron chi connectivity index (χ3n) is 5.28. The van der Waals surface area contributed by atoms with Gasteiger partial charge in [0.15, 0.2) is 0 Å². The highest BCUT2D eigenvalue weighted by Gasteiger charge is 2.32. The van der Waals surface area contributed by atoms with Gasteiger partial charge in [-0.05, 0) is 42.2 Å². The highest BCUT2D eigenvalue weighted by molar-refractivity contribution is 5.90. The van der Waals surface area contributed by atoms with Crippen molar-refractivity contribution in [2.45, 2.75) is 25.6 Å². The number of aliphatic hydroxyl groups is 1. The van der Waals surface area contributed by atoms with E-state index < -0.39 is 24.1 Å². The average Bonchev–Trinajstić information content (AvgIpc) is 3.19. The number of nitrogens with zero attached hydrogens (tertiary/aromatic N) is 2. The number of aliphatic hydroxyl groups excluding tert-OH is 1. The first-order chi connectivity index (χ1) is 15.0. The molecule has 0 spiro atoms. The van der Waals surface area contributed by atoms with E-state index in [1.807, 2.05) is 30.3 Å². The van der Waals surface area contributed by atoms with Crippen LogP contribution in [-0.4, -0.2) is 48.0 Å². The molecule has 0 aliphatic carbocycles. The van der Waals surface area contributed by atoms with Crippen molar-refractivity contribution in [1.29, 1.82) is 0 Å². The number of cyclic esters (lactones) is 1. The Labute approximate surface area is 179 Å². The Morgan fingerprint density at radius 1 is 1.23 bits per heavy atom. The third-order valence-corrected chi connectivity index (χ3v) is 5.28. The van der Waals surface area contributed by atoms with Gasteiger partial charge in [-0.15, -0.1) is 0 Å². The van der Waals surface area contributed by atoms with Crippen LogP contribution >= 0.6 is 0 Å². The minimum Gasteiger partial charge on any atom is -0.444 e. The zero-order valence-electron chi connectivity index (χ0n) is 16.9. The van der Waals surface area contributed by atoms with Crippen LogP contribution in [0.2, 0.25) is 0 Å². The van der Waals surface area contributed by atoms with Crippen molar-refractivity contribution in [3.05, 3.63) is 71.7 Å². The first-order valence-electron chi connectivity index (χ1n) is 10.1. The number of ether oxygens (including phenoxy) is 2. The van der Waals surface area contributed by atoms with Crippen LogP contribution in [0.4, 0.5) is 19.7 Å². The molecule has 4 rings (SSSR count). The van der Waals surface area contributed by atoms with Crippen LogP contribution in [0, 0.1) is 5.82 Å². The number of allylic oxidation sites excluding steroid dienone is 1. The zero-order valence-corrected chi connectivity index (χ0v) is 16.9. The maximum Gasteiger partial charge on any atom is 0.414 e. The van der Waals surface area contributed by atoms with Gasteiger partial charge >= 0.3 is 12.2 Å². The molecule has 1 saturated heterocycles. The van der Waals surface area contributed by atoms with E-state index in [0.29, 0.717) is 36.2 Å². The van der Waals surface area contributed by atoms with Crippen molar-refractivity contribution in [3.8, 4) is 0 Å². The number of carbonyl (C=O) groups excluding carboxylic acids is 2. The van der Waals surface area contributed by atoms with Gasteiger partial charge < -0.3 is 14.6 Å². The molecule has 1 N–H and O–H groups in total. The zero-order chi connectivity index (χ0) is 21.8. The molecule has 2 amide bonds. The average molecular weight is 426 g/mol. The summed E-state index contributed by atoms with van der Waals surface area (Å²) in [5.41, 5.74) is 2.31. The fourth-order valence-electron chi connectivity index (χ4n) is 3.67. The number of halogens is 1. The molecule has 31 heavy (non-hydrogen) atoms. The first kappa shape index (κ1) is 20.9. The number of benzene rings is 2. The van der Waals surface area contributed by atoms with Crippen LogP contribution in [0.1, 0.15) is 24.0 Å². The molecular formula is C23H23FN2O5. The normalized spacial score (nSPS) is 18.6. The summed E-state index contributed by atoms with van der Waals surface area (Å²) in [6.45, 7) is 0.548. The second kappa shape index (κ2) is 9.18. The molecule has 0 radical (unpaired) electrons. The van der Waals surface area contributed by atoms with E-state index in [-0.39, 0.29) is 19.8 Å². The maximum atomic E-state index is 14.9. The molecule has 8 heteroatoms. The molecule has 2 heterocycles. The van der Waals surface area contributed by atoms with Gasteiger partial charge in [-0.1, -0.05) is 30.3 Å². The highest BCUT2D eigenvalue weighted by Crippen LogP contribution is 2.31. The Bertz CT molecular complexity index is 995. The van der Waals surface area contributed by atoms with Gasteiger partial charge in [0.2, 0.25) is 0 Å². The highest BCUT2D eigenvalue weighted by atomic mass is 19.1. The molecule has 1 atom stereocenters. The fourth-order valence-corrected chi connectivity index (χ4v) is 3.67. The SMILES string of the molecule is O=C(OCc1ccccc1)N1C=C(c2ccc(N3C[C@H](CO)OC3=O)cc2F)CCC1. The van der Waals surface area contributed by atoms with Crippen molar-refractivity contribution in [2.75, 3.05) is 24.6 Å². The van der Waals surface area contributed by atoms with Crippen LogP contribution < -0.4 is 4.90 Å². The number of carbonyl (C=O) groups is 2. The lowest BCUT2D eigenvalue weighted by atomic mass is 9.98. The quantitative estimate of drug-likeness (QED) is 0.784. The monoisotopic (exact) mass is 426 g/mol. The van der Waals surface area contributed by atoms with Crippen LogP contribution in [0.15, 0.2) is 54.7 Å². The summed E-state index contributed by atoms with van der Waals surface area (Å²) in [6.07, 6.45) is 1.22. The van der Waals surface area contributed by atoms with Crippen molar-refractivity contribution in [2.24, 2.45) is 0 Å². The molecule has 2 aliphatic heterocycles. The number of hydrogen-bond acceptors (Lipinski definition) is 5. The number of hydrogen-bond donors (Lipinski definition) is 1. The molecular weight excluding hydrogens is 403 g/mol. The van der Waals surface area contributed by atoms with Gasteiger partial charge in [0, 0.05) is 18.3 Å². The van der Waals surface area contributed by atoms with Gasteiger partial charge in [-0.25, -0.2) is 14.0 Å². The predicted molar refractivity (Wildman–Crippen MR) is 112 cm³/mol. The Hall–Kier alpha value is -3.39. The van der Waals surface area contributed by atoms with E-state index in [1.165, 1.54) is 15.9 Å². The topological polar surface area (TPSA) is 79.3 Å². The summed E-state index contributed by atoms with van der Waals surface area (Å²) in [5.74, 6) is -0.497. The number of amides is 2. The smallest absolute Gasteiger partial charge is 0.414 e. The minimum absolute atomic E-state index is 0.165. The Balaban J connectivity index is 1.46. The largest absolute Gasteiger partial charge is 0.444 e.